The lowest BCUT2D eigenvalue weighted by atomic mass is 10.2. The number of rotatable bonds is 3. The lowest BCUT2D eigenvalue weighted by Gasteiger charge is -2.08. The molecule has 1 aromatic heterocycles. The number of anilines is 1. The number of nitrogens with one attached hydrogen (secondary N) is 2. The molecule has 2 N–H and O–H groups in total. The summed E-state index contributed by atoms with van der Waals surface area (Å²) in [6.07, 6.45) is 3.02. The number of hydrazine groups is 1. The zero-order valence-electron chi connectivity index (χ0n) is 8.85. The van der Waals surface area contributed by atoms with E-state index in [0.717, 1.165) is 0 Å². The van der Waals surface area contributed by atoms with Crippen LogP contribution in [0.2, 0.25) is 0 Å². The van der Waals surface area contributed by atoms with Crippen molar-refractivity contribution in [3.05, 3.63) is 60.2 Å². The van der Waals surface area contributed by atoms with E-state index in [-0.39, 0.29) is 11.6 Å². The third kappa shape index (κ3) is 2.78. The molecule has 0 saturated carbocycles. The molecule has 0 aliphatic carbocycles. The summed E-state index contributed by atoms with van der Waals surface area (Å²) in [5.41, 5.74) is 5.58. The standard InChI is InChI=1S/C12H10FN3O/c13-10-3-1-2-4-11(10)15-16-12(17)9-5-7-14-8-6-9/h1-8,15H,(H,16,17). The molecule has 0 bridgehead atoms. The van der Waals surface area contributed by atoms with Crippen molar-refractivity contribution >= 4 is 11.6 Å². The number of benzene rings is 1. The van der Waals surface area contributed by atoms with E-state index in [9.17, 15) is 9.18 Å². The van der Waals surface area contributed by atoms with Crippen LogP contribution in [0.15, 0.2) is 48.8 Å². The van der Waals surface area contributed by atoms with E-state index in [0.29, 0.717) is 5.56 Å². The fraction of sp³-hybridized carbons (Fsp3) is 0. The number of amides is 1. The highest BCUT2D eigenvalue weighted by molar-refractivity contribution is 5.94. The van der Waals surface area contributed by atoms with Crippen LogP contribution < -0.4 is 10.9 Å². The molecule has 0 fully saturated rings. The molecule has 17 heavy (non-hydrogen) atoms. The van der Waals surface area contributed by atoms with Gasteiger partial charge in [0.05, 0.1) is 5.69 Å². The van der Waals surface area contributed by atoms with Crippen LogP contribution in [0.5, 0.6) is 0 Å². The zero-order chi connectivity index (χ0) is 12.1. The molecule has 5 heteroatoms. The molecular weight excluding hydrogens is 221 g/mol. The minimum atomic E-state index is -0.428. The van der Waals surface area contributed by atoms with Gasteiger partial charge in [-0.1, -0.05) is 12.1 Å². The van der Waals surface area contributed by atoms with Gasteiger partial charge in [-0.25, -0.2) is 4.39 Å². The van der Waals surface area contributed by atoms with Gasteiger partial charge in [0.2, 0.25) is 0 Å². The highest BCUT2D eigenvalue weighted by Gasteiger charge is 2.05. The fourth-order valence-corrected chi connectivity index (χ4v) is 1.26. The Hall–Kier alpha value is -2.43. The van der Waals surface area contributed by atoms with Crippen LogP contribution in [-0.4, -0.2) is 10.9 Å². The molecule has 2 aromatic rings. The average molecular weight is 231 g/mol. The fourth-order valence-electron chi connectivity index (χ4n) is 1.26. The first-order valence-corrected chi connectivity index (χ1v) is 4.98. The van der Waals surface area contributed by atoms with Crippen molar-refractivity contribution in [2.75, 3.05) is 5.43 Å². The summed E-state index contributed by atoms with van der Waals surface area (Å²) in [4.78, 5) is 15.4. The summed E-state index contributed by atoms with van der Waals surface area (Å²) in [5.74, 6) is -0.779. The van der Waals surface area contributed by atoms with E-state index in [1.165, 1.54) is 24.5 Å². The lowest BCUT2D eigenvalue weighted by molar-refractivity contribution is 0.0962. The van der Waals surface area contributed by atoms with E-state index in [1.54, 1.807) is 24.3 Å². The van der Waals surface area contributed by atoms with Crippen molar-refractivity contribution in [3.8, 4) is 0 Å². The first-order valence-electron chi connectivity index (χ1n) is 4.98. The van der Waals surface area contributed by atoms with Crippen LogP contribution in [-0.2, 0) is 0 Å². The molecule has 1 amide bonds. The largest absolute Gasteiger partial charge is 0.295 e. The van der Waals surface area contributed by atoms with Gasteiger partial charge >= 0.3 is 0 Å². The Bertz CT molecular complexity index is 516. The zero-order valence-corrected chi connectivity index (χ0v) is 8.85. The topological polar surface area (TPSA) is 54.0 Å². The highest BCUT2D eigenvalue weighted by Crippen LogP contribution is 2.10. The lowest BCUT2D eigenvalue weighted by Crippen LogP contribution is -2.29. The van der Waals surface area contributed by atoms with Gasteiger partial charge in [0.15, 0.2) is 0 Å². The summed E-state index contributed by atoms with van der Waals surface area (Å²) in [5, 5.41) is 0. The van der Waals surface area contributed by atoms with Gasteiger partial charge in [0, 0.05) is 18.0 Å². The minimum Gasteiger partial charge on any atom is -0.295 e. The molecule has 0 radical (unpaired) electrons. The summed E-state index contributed by atoms with van der Waals surface area (Å²) in [6.45, 7) is 0. The smallest absolute Gasteiger partial charge is 0.269 e. The van der Waals surface area contributed by atoms with E-state index in [2.05, 4.69) is 15.8 Å². The van der Waals surface area contributed by atoms with Gasteiger partial charge in [-0.15, -0.1) is 0 Å². The third-order valence-electron chi connectivity index (χ3n) is 2.13. The summed E-state index contributed by atoms with van der Waals surface area (Å²) in [6, 6.07) is 9.22. The van der Waals surface area contributed by atoms with Crippen molar-refractivity contribution in [2.45, 2.75) is 0 Å². The number of pyridine rings is 1. The Balaban J connectivity index is 2.00. The van der Waals surface area contributed by atoms with Crippen LogP contribution in [0.1, 0.15) is 10.4 Å². The number of halogens is 1. The number of hydrogen-bond acceptors (Lipinski definition) is 3. The molecule has 0 aliphatic rings. The van der Waals surface area contributed by atoms with Crippen molar-refractivity contribution in [2.24, 2.45) is 0 Å². The number of carbonyl (C=O) groups is 1. The van der Waals surface area contributed by atoms with Crippen LogP contribution in [0.25, 0.3) is 0 Å². The molecule has 0 atom stereocenters. The van der Waals surface area contributed by atoms with Gasteiger partial charge in [-0.05, 0) is 24.3 Å². The molecule has 0 spiro atoms. The van der Waals surface area contributed by atoms with Crippen molar-refractivity contribution < 1.29 is 9.18 Å². The van der Waals surface area contributed by atoms with E-state index >= 15 is 0 Å². The van der Waals surface area contributed by atoms with Crippen molar-refractivity contribution in [3.63, 3.8) is 0 Å². The predicted molar refractivity (Wildman–Crippen MR) is 61.7 cm³/mol. The Kier molecular flexibility index (Phi) is 3.30. The molecule has 0 saturated heterocycles. The third-order valence-corrected chi connectivity index (χ3v) is 2.13. The second-order valence-electron chi connectivity index (χ2n) is 3.29. The first-order chi connectivity index (χ1) is 8.27. The van der Waals surface area contributed by atoms with E-state index in [4.69, 9.17) is 0 Å². The normalized spacial score (nSPS) is 9.71. The molecule has 4 nitrogen and oxygen atoms in total. The maximum absolute atomic E-state index is 13.2. The van der Waals surface area contributed by atoms with Gasteiger partial charge in [-0.2, -0.15) is 0 Å². The second-order valence-corrected chi connectivity index (χ2v) is 3.29. The maximum Gasteiger partial charge on any atom is 0.269 e. The molecule has 0 aliphatic heterocycles. The van der Waals surface area contributed by atoms with Gasteiger partial charge in [-0.3, -0.25) is 20.6 Å². The monoisotopic (exact) mass is 231 g/mol. The molecule has 86 valence electrons. The second kappa shape index (κ2) is 5.07. The van der Waals surface area contributed by atoms with Gasteiger partial charge in [0.25, 0.3) is 5.91 Å². The first kappa shape index (κ1) is 11.1. The Morgan fingerprint density at radius 1 is 1.12 bits per heavy atom. The number of nitrogens with zero attached hydrogens (tertiary/aromatic N) is 1. The molecule has 1 heterocycles. The van der Waals surface area contributed by atoms with Crippen molar-refractivity contribution in [1.82, 2.24) is 10.4 Å². The van der Waals surface area contributed by atoms with Crippen LogP contribution in [0.4, 0.5) is 10.1 Å². The number of para-hydroxylation sites is 1. The number of hydrogen-bond donors (Lipinski definition) is 2. The maximum atomic E-state index is 13.2. The van der Waals surface area contributed by atoms with E-state index < -0.39 is 5.82 Å². The summed E-state index contributed by atoms with van der Waals surface area (Å²) in [7, 11) is 0. The van der Waals surface area contributed by atoms with Gasteiger partial charge < -0.3 is 0 Å². The average Bonchev–Trinajstić information content (AvgIpc) is 2.38. The Morgan fingerprint density at radius 2 is 1.82 bits per heavy atom. The van der Waals surface area contributed by atoms with Gasteiger partial charge in [0.1, 0.15) is 5.82 Å². The Labute approximate surface area is 97.5 Å². The molecule has 2 rings (SSSR count). The molecule has 0 unspecified atom stereocenters. The number of aromatic nitrogens is 1. The van der Waals surface area contributed by atoms with Crippen LogP contribution >= 0.6 is 0 Å². The van der Waals surface area contributed by atoms with Crippen LogP contribution in [0.3, 0.4) is 0 Å². The highest BCUT2D eigenvalue weighted by atomic mass is 19.1. The Morgan fingerprint density at radius 3 is 2.53 bits per heavy atom. The predicted octanol–water partition coefficient (Wildman–Crippen LogP) is 1.98. The molecular formula is C12H10FN3O. The summed E-state index contributed by atoms with van der Waals surface area (Å²) < 4.78 is 13.2. The number of carbonyl (C=O) groups excluding carboxylic acids is 1. The van der Waals surface area contributed by atoms with E-state index in [1.807, 2.05) is 0 Å². The quantitative estimate of drug-likeness (QED) is 0.794. The molecule has 1 aromatic carbocycles. The summed E-state index contributed by atoms with van der Waals surface area (Å²) >= 11 is 0. The van der Waals surface area contributed by atoms with Crippen molar-refractivity contribution in [1.29, 1.82) is 0 Å². The SMILES string of the molecule is O=C(NNc1ccccc1F)c1ccncc1. The van der Waals surface area contributed by atoms with Crippen LogP contribution in [0, 0.1) is 5.82 Å². The minimum absolute atomic E-state index is 0.218.